The van der Waals surface area contributed by atoms with Crippen molar-refractivity contribution in [3.63, 3.8) is 0 Å². The minimum atomic E-state index is -0.301. The Labute approximate surface area is 140 Å². The molecule has 124 valence electrons. The second-order valence-corrected chi connectivity index (χ2v) is 6.46. The van der Waals surface area contributed by atoms with Crippen LogP contribution in [0.3, 0.4) is 0 Å². The number of carbonyl (C=O) groups excluding carboxylic acids is 3. The zero-order chi connectivity index (χ0) is 16.8. The van der Waals surface area contributed by atoms with Crippen LogP contribution in [0, 0.1) is 0 Å². The van der Waals surface area contributed by atoms with Gasteiger partial charge in [-0.05, 0) is 25.5 Å². The first kappa shape index (κ1) is 17.3. The van der Waals surface area contributed by atoms with E-state index >= 15 is 0 Å². The van der Waals surface area contributed by atoms with Gasteiger partial charge < -0.3 is 15.5 Å². The lowest BCUT2D eigenvalue weighted by molar-refractivity contribution is -0.116. The summed E-state index contributed by atoms with van der Waals surface area (Å²) in [6.45, 7) is 4.50. The van der Waals surface area contributed by atoms with Crippen LogP contribution in [0.25, 0.3) is 0 Å². The highest BCUT2D eigenvalue weighted by molar-refractivity contribution is 8.13. The topological polar surface area (TPSA) is 78.5 Å². The Bertz CT molecular complexity index is 606. The van der Waals surface area contributed by atoms with Crippen molar-refractivity contribution in [2.45, 2.75) is 26.3 Å². The maximum atomic E-state index is 12.3. The molecule has 1 aromatic carbocycles. The van der Waals surface area contributed by atoms with Crippen LogP contribution < -0.4 is 10.6 Å². The number of thioether (sulfide) groups is 1. The number of amides is 3. The van der Waals surface area contributed by atoms with Crippen LogP contribution in [-0.2, 0) is 4.79 Å². The molecule has 0 aliphatic carbocycles. The quantitative estimate of drug-likeness (QED) is 0.836. The van der Waals surface area contributed by atoms with E-state index in [2.05, 4.69) is 10.6 Å². The summed E-state index contributed by atoms with van der Waals surface area (Å²) >= 11 is 1.21. The van der Waals surface area contributed by atoms with E-state index in [-0.39, 0.29) is 29.6 Å². The summed E-state index contributed by atoms with van der Waals surface area (Å²) in [5.74, 6) is 0.188. The first-order chi connectivity index (χ1) is 11.0. The second-order valence-electron chi connectivity index (χ2n) is 5.41. The molecule has 0 bridgehead atoms. The average Bonchev–Trinajstić information content (AvgIpc) is 2.92. The fourth-order valence-corrected chi connectivity index (χ4v) is 2.95. The molecule has 1 aliphatic rings. The minimum absolute atomic E-state index is 0.00709. The van der Waals surface area contributed by atoms with Crippen LogP contribution in [0.4, 0.5) is 10.5 Å². The molecule has 2 rings (SSSR count). The SMILES string of the molecule is CCC(C)NC(=O)c1ccccc1NC(=O)CN1CCSC1=O. The Morgan fingerprint density at radius 2 is 2.09 bits per heavy atom. The Balaban J connectivity index is 2.03. The first-order valence-corrected chi connectivity index (χ1v) is 8.61. The largest absolute Gasteiger partial charge is 0.350 e. The van der Waals surface area contributed by atoms with Crippen LogP contribution in [0.1, 0.15) is 30.6 Å². The number of rotatable bonds is 6. The van der Waals surface area contributed by atoms with Crippen molar-refractivity contribution in [2.24, 2.45) is 0 Å². The van der Waals surface area contributed by atoms with Gasteiger partial charge in [-0.1, -0.05) is 30.8 Å². The Kier molecular flexibility index (Phi) is 6.04. The van der Waals surface area contributed by atoms with Crippen LogP contribution in [0.2, 0.25) is 0 Å². The molecule has 0 aromatic heterocycles. The predicted octanol–water partition coefficient (Wildman–Crippen LogP) is 2.32. The number of anilines is 1. The lowest BCUT2D eigenvalue weighted by Crippen LogP contribution is -2.35. The number of hydrogen-bond acceptors (Lipinski definition) is 4. The summed E-state index contributed by atoms with van der Waals surface area (Å²) in [7, 11) is 0. The third-order valence-corrected chi connectivity index (χ3v) is 4.51. The van der Waals surface area contributed by atoms with E-state index in [1.807, 2.05) is 13.8 Å². The summed E-state index contributed by atoms with van der Waals surface area (Å²) in [5.41, 5.74) is 0.876. The Morgan fingerprint density at radius 3 is 2.74 bits per heavy atom. The fraction of sp³-hybridized carbons (Fsp3) is 0.438. The molecule has 6 nitrogen and oxygen atoms in total. The molecule has 1 saturated heterocycles. The molecule has 0 spiro atoms. The number of nitrogens with zero attached hydrogens (tertiary/aromatic N) is 1. The van der Waals surface area contributed by atoms with E-state index in [0.717, 1.165) is 6.42 Å². The fourth-order valence-electron chi connectivity index (χ4n) is 2.13. The van der Waals surface area contributed by atoms with Crippen molar-refractivity contribution in [1.29, 1.82) is 0 Å². The van der Waals surface area contributed by atoms with E-state index in [1.54, 1.807) is 24.3 Å². The van der Waals surface area contributed by atoms with Crippen LogP contribution in [0.15, 0.2) is 24.3 Å². The van der Waals surface area contributed by atoms with Gasteiger partial charge in [0.25, 0.3) is 11.1 Å². The zero-order valence-corrected chi connectivity index (χ0v) is 14.1. The zero-order valence-electron chi connectivity index (χ0n) is 13.3. The lowest BCUT2D eigenvalue weighted by Gasteiger charge is -2.17. The monoisotopic (exact) mass is 335 g/mol. The summed E-state index contributed by atoms with van der Waals surface area (Å²) in [5, 5.41) is 5.53. The molecule has 1 aromatic rings. The van der Waals surface area contributed by atoms with Crippen LogP contribution in [-0.4, -0.2) is 46.8 Å². The van der Waals surface area contributed by atoms with Crippen molar-refractivity contribution in [2.75, 3.05) is 24.2 Å². The predicted molar refractivity (Wildman–Crippen MR) is 91.7 cm³/mol. The molecule has 1 unspecified atom stereocenters. The van der Waals surface area contributed by atoms with Gasteiger partial charge in [0, 0.05) is 18.3 Å². The third-order valence-electron chi connectivity index (χ3n) is 3.62. The van der Waals surface area contributed by atoms with Crippen molar-refractivity contribution < 1.29 is 14.4 Å². The van der Waals surface area contributed by atoms with Crippen molar-refractivity contribution in [1.82, 2.24) is 10.2 Å². The van der Waals surface area contributed by atoms with Gasteiger partial charge in [-0.15, -0.1) is 0 Å². The van der Waals surface area contributed by atoms with Gasteiger partial charge in [0.2, 0.25) is 5.91 Å². The standard InChI is InChI=1S/C16H21N3O3S/c1-3-11(2)17-15(21)12-6-4-5-7-13(12)18-14(20)10-19-8-9-23-16(19)22/h4-7,11H,3,8-10H2,1-2H3,(H,17,21)(H,18,20). The molecule has 0 radical (unpaired) electrons. The third kappa shape index (κ3) is 4.72. The number of benzene rings is 1. The van der Waals surface area contributed by atoms with Crippen molar-refractivity contribution >= 4 is 34.5 Å². The minimum Gasteiger partial charge on any atom is -0.350 e. The molecule has 1 aliphatic heterocycles. The highest BCUT2D eigenvalue weighted by Gasteiger charge is 2.23. The van der Waals surface area contributed by atoms with E-state index in [9.17, 15) is 14.4 Å². The van der Waals surface area contributed by atoms with Gasteiger partial charge >= 0.3 is 0 Å². The lowest BCUT2D eigenvalue weighted by atomic mass is 10.1. The van der Waals surface area contributed by atoms with Gasteiger partial charge in [0.15, 0.2) is 0 Å². The van der Waals surface area contributed by atoms with Crippen LogP contribution >= 0.6 is 11.8 Å². The van der Waals surface area contributed by atoms with E-state index < -0.39 is 0 Å². The van der Waals surface area contributed by atoms with Gasteiger partial charge in [0.05, 0.1) is 11.3 Å². The molecule has 1 heterocycles. The molecule has 0 saturated carbocycles. The molecule has 3 amide bonds. The number of para-hydroxylation sites is 1. The molecule has 2 N–H and O–H groups in total. The normalized spacial score (nSPS) is 15.4. The summed E-state index contributed by atoms with van der Waals surface area (Å²) in [6, 6.07) is 6.92. The summed E-state index contributed by atoms with van der Waals surface area (Å²) < 4.78 is 0. The second kappa shape index (κ2) is 8.01. The average molecular weight is 335 g/mol. The van der Waals surface area contributed by atoms with Gasteiger partial charge in [0.1, 0.15) is 6.54 Å². The molecule has 7 heteroatoms. The Morgan fingerprint density at radius 1 is 1.35 bits per heavy atom. The van der Waals surface area contributed by atoms with Crippen molar-refractivity contribution in [3.8, 4) is 0 Å². The molecular weight excluding hydrogens is 314 g/mol. The van der Waals surface area contributed by atoms with E-state index in [1.165, 1.54) is 16.7 Å². The van der Waals surface area contributed by atoms with E-state index in [4.69, 9.17) is 0 Å². The molecular formula is C16H21N3O3S. The Hall–Kier alpha value is -2.02. The van der Waals surface area contributed by atoms with Gasteiger partial charge in [-0.25, -0.2) is 0 Å². The van der Waals surface area contributed by atoms with Crippen LogP contribution in [0.5, 0.6) is 0 Å². The number of nitrogens with one attached hydrogen (secondary N) is 2. The number of carbonyl (C=O) groups is 3. The maximum absolute atomic E-state index is 12.3. The summed E-state index contributed by atoms with van der Waals surface area (Å²) in [4.78, 5) is 37.4. The molecule has 23 heavy (non-hydrogen) atoms. The van der Waals surface area contributed by atoms with Crippen molar-refractivity contribution in [3.05, 3.63) is 29.8 Å². The number of hydrogen-bond donors (Lipinski definition) is 2. The van der Waals surface area contributed by atoms with Gasteiger partial charge in [-0.3, -0.25) is 14.4 Å². The highest BCUT2D eigenvalue weighted by atomic mass is 32.2. The maximum Gasteiger partial charge on any atom is 0.282 e. The highest BCUT2D eigenvalue weighted by Crippen LogP contribution is 2.18. The molecule has 1 fully saturated rings. The van der Waals surface area contributed by atoms with Gasteiger partial charge in [-0.2, -0.15) is 0 Å². The smallest absolute Gasteiger partial charge is 0.282 e. The first-order valence-electron chi connectivity index (χ1n) is 7.62. The summed E-state index contributed by atoms with van der Waals surface area (Å²) in [6.07, 6.45) is 0.828. The molecule has 1 atom stereocenters. The van der Waals surface area contributed by atoms with E-state index in [0.29, 0.717) is 23.5 Å².